The first-order valence-electron chi connectivity index (χ1n) is 5.81. The fourth-order valence-electron chi connectivity index (χ4n) is 2.36. The van der Waals surface area contributed by atoms with Gasteiger partial charge in [-0.25, -0.2) is 0 Å². The van der Waals surface area contributed by atoms with E-state index in [9.17, 15) is 0 Å². The van der Waals surface area contributed by atoms with Crippen LogP contribution >= 0.6 is 15.9 Å². The summed E-state index contributed by atoms with van der Waals surface area (Å²) in [7, 11) is 0. The van der Waals surface area contributed by atoms with Gasteiger partial charge >= 0.3 is 0 Å². The Morgan fingerprint density at radius 2 is 2.11 bits per heavy atom. The van der Waals surface area contributed by atoms with E-state index >= 15 is 0 Å². The molecule has 2 nitrogen and oxygen atoms in total. The highest BCUT2D eigenvalue weighted by Crippen LogP contribution is 2.35. The molecule has 3 rings (SSSR count). The normalized spacial score (nSPS) is 16.8. The van der Waals surface area contributed by atoms with E-state index < -0.39 is 0 Å². The summed E-state index contributed by atoms with van der Waals surface area (Å²) in [5.74, 6) is 0. The molecule has 1 aliphatic heterocycles. The molecule has 2 aromatic carbocycles. The molecule has 1 unspecified atom stereocenters. The van der Waals surface area contributed by atoms with E-state index in [0.29, 0.717) is 6.04 Å². The number of anilines is 1. The molecule has 3 heteroatoms. The van der Waals surface area contributed by atoms with Gasteiger partial charge in [0.2, 0.25) is 0 Å². The summed E-state index contributed by atoms with van der Waals surface area (Å²) in [6.07, 6.45) is 0.932. The van der Waals surface area contributed by atoms with Crippen molar-refractivity contribution in [2.75, 3.05) is 5.32 Å². The van der Waals surface area contributed by atoms with E-state index in [-0.39, 0.29) is 0 Å². The predicted octanol–water partition coefficient (Wildman–Crippen LogP) is 4.03. The lowest BCUT2D eigenvalue weighted by Crippen LogP contribution is -2.05. The molecular weight excluding hydrogens is 288 g/mol. The molecule has 1 heterocycles. The number of nitrogens with zero attached hydrogens (tertiary/aromatic N) is 1. The van der Waals surface area contributed by atoms with Crippen molar-refractivity contribution in [3.05, 3.63) is 63.6 Å². The molecule has 0 bridgehead atoms. The number of nitriles is 1. The van der Waals surface area contributed by atoms with Crippen LogP contribution in [0.1, 0.15) is 22.7 Å². The molecule has 0 aromatic heterocycles. The molecule has 18 heavy (non-hydrogen) atoms. The molecule has 0 radical (unpaired) electrons. The van der Waals surface area contributed by atoms with E-state index in [1.54, 1.807) is 0 Å². The largest absolute Gasteiger partial charge is 0.378 e. The minimum atomic E-state index is 0.298. The highest BCUT2D eigenvalue weighted by molar-refractivity contribution is 9.10. The van der Waals surface area contributed by atoms with Crippen LogP contribution in [-0.4, -0.2) is 0 Å². The Bertz CT molecular complexity index is 643. The molecule has 1 N–H and O–H groups in total. The molecule has 88 valence electrons. The second-order valence-electron chi connectivity index (χ2n) is 4.44. The minimum absolute atomic E-state index is 0.298. The number of benzene rings is 2. The molecular formula is C15H11BrN2. The lowest BCUT2D eigenvalue weighted by Gasteiger charge is -2.11. The molecule has 0 aliphatic carbocycles. The van der Waals surface area contributed by atoms with E-state index in [2.05, 4.69) is 39.4 Å². The van der Waals surface area contributed by atoms with Crippen molar-refractivity contribution < 1.29 is 0 Å². The van der Waals surface area contributed by atoms with Crippen LogP contribution in [0, 0.1) is 11.3 Å². The molecule has 0 spiro atoms. The van der Waals surface area contributed by atoms with Gasteiger partial charge in [-0.1, -0.05) is 28.1 Å². The van der Waals surface area contributed by atoms with Gasteiger partial charge in [-0.15, -0.1) is 0 Å². The number of hydrogen-bond acceptors (Lipinski definition) is 2. The number of nitrogens with one attached hydrogen (secondary N) is 1. The number of hydrogen-bond donors (Lipinski definition) is 1. The third kappa shape index (κ3) is 2.00. The summed E-state index contributed by atoms with van der Waals surface area (Å²) >= 11 is 3.50. The number of halogens is 1. The van der Waals surface area contributed by atoms with Crippen molar-refractivity contribution in [3.63, 3.8) is 0 Å². The zero-order chi connectivity index (χ0) is 12.5. The van der Waals surface area contributed by atoms with Crippen LogP contribution in [-0.2, 0) is 6.42 Å². The van der Waals surface area contributed by atoms with Crippen LogP contribution < -0.4 is 5.32 Å². The Hall–Kier alpha value is -1.79. The third-order valence-electron chi connectivity index (χ3n) is 3.24. The second-order valence-corrected chi connectivity index (χ2v) is 5.36. The Morgan fingerprint density at radius 1 is 1.22 bits per heavy atom. The van der Waals surface area contributed by atoms with Crippen LogP contribution in [0.15, 0.2) is 46.9 Å². The quantitative estimate of drug-likeness (QED) is 0.863. The minimum Gasteiger partial charge on any atom is -0.378 e. The smallest absolute Gasteiger partial charge is 0.0991 e. The summed E-state index contributed by atoms with van der Waals surface area (Å²) in [5.41, 5.74) is 4.35. The highest BCUT2D eigenvalue weighted by Gasteiger charge is 2.22. The summed E-state index contributed by atoms with van der Waals surface area (Å²) in [6, 6.07) is 16.6. The Kier molecular flexibility index (Phi) is 2.81. The molecule has 1 aliphatic rings. The molecule has 2 aromatic rings. The number of fused-ring (bicyclic) bond motifs is 1. The maximum atomic E-state index is 8.91. The molecule has 0 saturated heterocycles. The fourth-order valence-corrected chi connectivity index (χ4v) is 2.77. The molecule has 0 saturated carbocycles. The zero-order valence-electron chi connectivity index (χ0n) is 9.65. The Labute approximate surface area is 114 Å². The van der Waals surface area contributed by atoms with Gasteiger partial charge < -0.3 is 5.32 Å². The van der Waals surface area contributed by atoms with Gasteiger partial charge in [0.25, 0.3) is 0 Å². The predicted molar refractivity (Wildman–Crippen MR) is 75.4 cm³/mol. The first kappa shape index (κ1) is 11.3. The Morgan fingerprint density at radius 3 is 2.89 bits per heavy atom. The topological polar surface area (TPSA) is 35.8 Å². The zero-order valence-corrected chi connectivity index (χ0v) is 11.2. The van der Waals surface area contributed by atoms with Crippen LogP contribution in [0.5, 0.6) is 0 Å². The maximum Gasteiger partial charge on any atom is 0.0991 e. The summed E-state index contributed by atoms with van der Waals surface area (Å²) in [4.78, 5) is 0. The Balaban J connectivity index is 1.91. The summed E-state index contributed by atoms with van der Waals surface area (Å²) < 4.78 is 1.09. The molecule has 1 atom stereocenters. The van der Waals surface area contributed by atoms with Crippen molar-refractivity contribution in [2.45, 2.75) is 12.5 Å². The lowest BCUT2D eigenvalue weighted by atomic mass is 10.0. The van der Waals surface area contributed by atoms with Crippen molar-refractivity contribution in [1.82, 2.24) is 0 Å². The van der Waals surface area contributed by atoms with E-state index in [0.717, 1.165) is 22.1 Å². The van der Waals surface area contributed by atoms with Crippen LogP contribution in [0.25, 0.3) is 0 Å². The van der Waals surface area contributed by atoms with Crippen molar-refractivity contribution in [3.8, 4) is 6.07 Å². The lowest BCUT2D eigenvalue weighted by molar-refractivity contribution is 0.823. The van der Waals surface area contributed by atoms with Gasteiger partial charge in [0, 0.05) is 10.2 Å². The SMILES string of the molecule is N#Cc1ccc2c(c1)CC(c1cccc(Br)c1)N2. The van der Waals surface area contributed by atoms with Crippen molar-refractivity contribution in [2.24, 2.45) is 0 Å². The van der Waals surface area contributed by atoms with Crippen molar-refractivity contribution >= 4 is 21.6 Å². The van der Waals surface area contributed by atoms with Crippen LogP contribution in [0.2, 0.25) is 0 Å². The van der Waals surface area contributed by atoms with Gasteiger partial charge in [-0.3, -0.25) is 0 Å². The van der Waals surface area contributed by atoms with E-state index in [4.69, 9.17) is 5.26 Å². The fraction of sp³-hybridized carbons (Fsp3) is 0.133. The third-order valence-corrected chi connectivity index (χ3v) is 3.73. The van der Waals surface area contributed by atoms with E-state index in [1.165, 1.54) is 11.1 Å². The maximum absolute atomic E-state index is 8.91. The van der Waals surface area contributed by atoms with Gasteiger partial charge in [-0.2, -0.15) is 5.26 Å². The first-order valence-corrected chi connectivity index (χ1v) is 6.60. The monoisotopic (exact) mass is 298 g/mol. The summed E-state index contributed by atoms with van der Waals surface area (Å²) in [6.45, 7) is 0. The second kappa shape index (κ2) is 4.47. The average Bonchev–Trinajstić information content (AvgIpc) is 2.81. The highest BCUT2D eigenvalue weighted by atomic mass is 79.9. The molecule has 0 amide bonds. The van der Waals surface area contributed by atoms with Crippen molar-refractivity contribution in [1.29, 1.82) is 5.26 Å². The summed E-state index contributed by atoms with van der Waals surface area (Å²) in [5, 5.41) is 12.4. The van der Waals surface area contributed by atoms with Gasteiger partial charge in [-0.05, 0) is 47.9 Å². The van der Waals surface area contributed by atoms with Crippen LogP contribution in [0.4, 0.5) is 5.69 Å². The standard InChI is InChI=1S/C15H11BrN2/c16-13-3-1-2-11(7-13)15-8-12-6-10(9-17)4-5-14(12)18-15/h1-7,15,18H,8H2. The molecule has 0 fully saturated rings. The van der Waals surface area contributed by atoms with Gasteiger partial charge in [0.1, 0.15) is 0 Å². The van der Waals surface area contributed by atoms with Gasteiger partial charge in [0.05, 0.1) is 17.7 Å². The van der Waals surface area contributed by atoms with Gasteiger partial charge in [0.15, 0.2) is 0 Å². The first-order chi connectivity index (χ1) is 8.76. The number of rotatable bonds is 1. The average molecular weight is 299 g/mol. The van der Waals surface area contributed by atoms with Crippen LogP contribution in [0.3, 0.4) is 0 Å². The van der Waals surface area contributed by atoms with E-state index in [1.807, 2.05) is 30.3 Å².